The van der Waals surface area contributed by atoms with Crippen LogP contribution in [0.2, 0.25) is 10.0 Å². The van der Waals surface area contributed by atoms with Gasteiger partial charge in [0.25, 0.3) is 10.0 Å². The van der Waals surface area contributed by atoms with E-state index >= 15 is 0 Å². The third kappa shape index (κ3) is 8.36. The minimum atomic E-state index is -4.24. The summed E-state index contributed by atoms with van der Waals surface area (Å²) in [5.74, 6) is -0.837. The summed E-state index contributed by atoms with van der Waals surface area (Å²) in [5, 5.41) is 3.99. The number of nitrogens with zero attached hydrogens (tertiary/aromatic N) is 2. The number of benzene rings is 4. The molecule has 1 fully saturated rings. The molecule has 1 unspecified atom stereocenters. The Balaban J connectivity index is 1.60. The molecule has 0 spiro atoms. The number of hydrogen-bond donors (Lipinski definition) is 1. The van der Waals surface area contributed by atoms with E-state index in [9.17, 15) is 18.0 Å². The van der Waals surface area contributed by atoms with Gasteiger partial charge in [0.15, 0.2) is 0 Å². The molecule has 4 aromatic rings. The Bertz CT molecular complexity index is 1810. The number of carbonyl (C=O) groups is 2. The van der Waals surface area contributed by atoms with Gasteiger partial charge in [-0.15, -0.1) is 0 Å². The van der Waals surface area contributed by atoms with Crippen molar-refractivity contribution < 1.29 is 18.0 Å². The van der Waals surface area contributed by atoms with Gasteiger partial charge in [-0.25, -0.2) is 8.42 Å². The van der Waals surface area contributed by atoms with Gasteiger partial charge in [0, 0.05) is 29.1 Å². The molecule has 7 nitrogen and oxygen atoms in total. The fourth-order valence-corrected chi connectivity index (χ4v) is 7.79. The molecule has 246 valence electrons. The number of nitrogens with one attached hydrogen (secondary N) is 1. The van der Waals surface area contributed by atoms with Crippen molar-refractivity contribution in [3.63, 3.8) is 0 Å². The highest BCUT2D eigenvalue weighted by molar-refractivity contribution is 7.92. The van der Waals surface area contributed by atoms with Gasteiger partial charge in [0.05, 0.1) is 10.6 Å². The topological polar surface area (TPSA) is 86.8 Å². The molecule has 47 heavy (non-hydrogen) atoms. The molecule has 1 N–H and O–H groups in total. The number of aryl methyl sites for hydroxylation is 1. The number of carbonyl (C=O) groups excluding carboxylic acids is 2. The van der Waals surface area contributed by atoms with Crippen LogP contribution < -0.4 is 9.62 Å². The lowest BCUT2D eigenvalue weighted by Gasteiger charge is -2.35. The second-order valence-corrected chi connectivity index (χ2v) is 14.7. The quantitative estimate of drug-likeness (QED) is 0.167. The predicted molar refractivity (Wildman–Crippen MR) is 188 cm³/mol. The first kappa shape index (κ1) is 34.5. The maximum Gasteiger partial charge on any atom is 0.264 e. The van der Waals surface area contributed by atoms with Crippen molar-refractivity contribution in [2.24, 2.45) is 0 Å². The Kier molecular flexibility index (Phi) is 11.3. The van der Waals surface area contributed by atoms with Crippen molar-refractivity contribution in [3.05, 3.63) is 129 Å². The van der Waals surface area contributed by atoms with Crippen molar-refractivity contribution in [1.82, 2.24) is 10.2 Å². The molecule has 0 radical (unpaired) electrons. The van der Waals surface area contributed by atoms with Crippen LogP contribution in [0.3, 0.4) is 0 Å². The molecule has 1 atom stereocenters. The monoisotopic (exact) mass is 691 g/mol. The zero-order valence-electron chi connectivity index (χ0n) is 26.5. The first-order valence-electron chi connectivity index (χ1n) is 15.8. The minimum absolute atomic E-state index is 0.00103. The third-order valence-corrected chi connectivity index (χ3v) is 11.2. The van der Waals surface area contributed by atoms with Crippen LogP contribution in [0, 0.1) is 13.8 Å². The number of amides is 2. The van der Waals surface area contributed by atoms with Crippen molar-refractivity contribution in [1.29, 1.82) is 0 Å². The van der Waals surface area contributed by atoms with Gasteiger partial charge in [0.1, 0.15) is 12.6 Å². The van der Waals surface area contributed by atoms with E-state index in [4.69, 9.17) is 23.2 Å². The molecule has 2 amide bonds. The highest BCUT2D eigenvalue weighted by atomic mass is 35.5. The largest absolute Gasteiger partial charge is 0.352 e. The molecular weight excluding hydrogens is 653 g/mol. The second-order valence-electron chi connectivity index (χ2n) is 12.0. The standard InChI is InChI=1S/C37H39Cl2N3O4S/c1-26-19-21-31(22-20-26)47(45,46)42(34-18-10-17-32(38)27(34)2)25-36(43)41(24-29-13-6-9-16-33(29)39)35(23-28-11-4-3-5-12-28)37(44)40-30-14-7-8-15-30/h3-6,9-13,16-22,30,35H,7-8,14-15,23-25H2,1-2H3,(H,40,44). The van der Waals surface area contributed by atoms with E-state index < -0.39 is 28.5 Å². The molecule has 0 bridgehead atoms. The maximum atomic E-state index is 14.7. The molecule has 10 heteroatoms. The van der Waals surface area contributed by atoms with Gasteiger partial charge in [-0.2, -0.15) is 0 Å². The number of hydrogen-bond acceptors (Lipinski definition) is 4. The molecule has 0 aliphatic heterocycles. The highest BCUT2D eigenvalue weighted by Gasteiger charge is 2.36. The summed E-state index contributed by atoms with van der Waals surface area (Å²) < 4.78 is 29.7. The Morgan fingerprint density at radius 3 is 2.15 bits per heavy atom. The van der Waals surface area contributed by atoms with E-state index in [2.05, 4.69) is 5.32 Å². The number of rotatable bonds is 12. The fraction of sp³-hybridized carbons (Fsp3) is 0.297. The van der Waals surface area contributed by atoms with E-state index in [-0.39, 0.29) is 35.5 Å². The average molecular weight is 693 g/mol. The predicted octanol–water partition coefficient (Wildman–Crippen LogP) is 7.50. The number of halogens is 2. The Hall–Kier alpha value is -3.85. The van der Waals surface area contributed by atoms with Crippen LogP contribution in [-0.4, -0.2) is 43.8 Å². The minimum Gasteiger partial charge on any atom is -0.352 e. The summed E-state index contributed by atoms with van der Waals surface area (Å²) in [7, 11) is -4.24. The van der Waals surface area contributed by atoms with Gasteiger partial charge in [-0.1, -0.05) is 108 Å². The zero-order valence-corrected chi connectivity index (χ0v) is 28.9. The number of sulfonamides is 1. The van der Waals surface area contributed by atoms with Crippen molar-refractivity contribution in [2.75, 3.05) is 10.8 Å². The van der Waals surface area contributed by atoms with Crippen molar-refractivity contribution in [3.8, 4) is 0 Å². The lowest BCUT2D eigenvalue weighted by molar-refractivity contribution is -0.140. The zero-order chi connectivity index (χ0) is 33.6. The van der Waals surface area contributed by atoms with Crippen LogP contribution in [0.15, 0.2) is 102 Å². The molecule has 0 heterocycles. The Morgan fingerprint density at radius 1 is 0.830 bits per heavy atom. The van der Waals surface area contributed by atoms with Crippen molar-refractivity contribution in [2.45, 2.75) is 69.5 Å². The maximum absolute atomic E-state index is 14.7. The molecule has 5 rings (SSSR count). The second kappa shape index (κ2) is 15.4. The normalized spacial score (nSPS) is 14.0. The van der Waals surface area contributed by atoms with Crippen LogP contribution in [-0.2, 0) is 32.6 Å². The molecule has 4 aromatic carbocycles. The first-order valence-corrected chi connectivity index (χ1v) is 18.0. The van der Waals surface area contributed by atoms with Gasteiger partial charge >= 0.3 is 0 Å². The summed E-state index contributed by atoms with van der Waals surface area (Å²) in [6, 6.07) is 27.2. The first-order chi connectivity index (χ1) is 22.5. The van der Waals surface area contributed by atoms with Crippen LogP contribution in [0.1, 0.15) is 47.9 Å². The average Bonchev–Trinajstić information content (AvgIpc) is 3.57. The van der Waals surface area contributed by atoms with Gasteiger partial charge < -0.3 is 10.2 Å². The lowest BCUT2D eigenvalue weighted by Crippen LogP contribution is -2.54. The Morgan fingerprint density at radius 2 is 1.47 bits per heavy atom. The van der Waals surface area contributed by atoms with E-state index in [0.29, 0.717) is 21.2 Å². The summed E-state index contributed by atoms with van der Waals surface area (Å²) in [6.07, 6.45) is 4.04. The summed E-state index contributed by atoms with van der Waals surface area (Å²) >= 11 is 13.1. The van der Waals surface area contributed by atoms with Gasteiger partial charge in [0.2, 0.25) is 11.8 Å². The molecule has 0 aromatic heterocycles. The fourth-order valence-electron chi connectivity index (χ4n) is 5.95. The SMILES string of the molecule is Cc1ccc(S(=O)(=O)N(CC(=O)N(Cc2ccccc2Cl)C(Cc2ccccc2)C(=O)NC2CCCC2)c2cccc(Cl)c2C)cc1. The van der Waals surface area contributed by atoms with Crippen LogP contribution in [0.4, 0.5) is 5.69 Å². The molecule has 0 saturated heterocycles. The molecule has 1 aliphatic carbocycles. The molecule has 1 saturated carbocycles. The summed E-state index contributed by atoms with van der Waals surface area (Å²) in [6.45, 7) is 3.02. The third-order valence-electron chi connectivity index (χ3n) is 8.67. The van der Waals surface area contributed by atoms with E-state index in [0.717, 1.165) is 41.1 Å². The van der Waals surface area contributed by atoms with E-state index in [1.54, 1.807) is 55.5 Å². The lowest BCUT2D eigenvalue weighted by atomic mass is 10.0. The van der Waals surface area contributed by atoms with E-state index in [1.807, 2.05) is 43.3 Å². The summed E-state index contributed by atoms with van der Waals surface area (Å²) in [4.78, 5) is 30.4. The Labute approximate surface area is 287 Å². The highest BCUT2D eigenvalue weighted by Crippen LogP contribution is 2.32. The van der Waals surface area contributed by atoms with Crippen LogP contribution in [0.25, 0.3) is 0 Å². The van der Waals surface area contributed by atoms with Crippen LogP contribution in [0.5, 0.6) is 0 Å². The van der Waals surface area contributed by atoms with Crippen molar-refractivity contribution >= 4 is 50.7 Å². The van der Waals surface area contributed by atoms with Gasteiger partial charge in [-0.05, 0) is 73.7 Å². The smallest absolute Gasteiger partial charge is 0.264 e. The molecular formula is C37H39Cl2N3O4S. The summed E-state index contributed by atoms with van der Waals surface area (Å²) in [5.41, 5.74) is 3.19. The van der Waals surface area contributed by atoms with E-state index in [1.165, 1.54) is 17.0 Å². The van der Waals surface area contributed by atoms with Gasteiger partial charge in [-0.3, -0.25) is 13.9 Å². The molecule has 1 aliphatic rings. The number of anilines is 1. The van der Waals surface area contributed by atoms with Crippen LogP contribution >= 0.6 is 23.2 Å².